The lowest BCUT2D eigenvalue weighted by atomic mass is 10.2. The summed E-state index contributed by atoms with van der Waals surface area (Å²) < 4.78 is 19.2. The molecule has 1 N–H and O–H groups in total. The van der Waals surface area contributed by atoms with Crippen molar-refractivity contribution in [2.24, 2.45) is 5.92 Å². The smallest absolute Gasteiger partial charge is 0.370 e. The Labute approximate surface area is 205 Å². The van der Waals surface area contributed by atoms with E-state index in [-0.39, 0.29) is 18.3 Å². The van der Waals surface area contributed by atoms with Gasteiger partial charge in [-0.3, -0.25) is 14.5 Å². The van der Waals surface area contributed by atoms with Crippen LogP contribution in [0.1, 0.15) is 40.5 Å². The van der Waals surface area contributed by atoms with Crippen LogP contribution >= 0.6 is 24.4 Å². The lowest BCUT2D eigenvalue weighted by Crippen LogP contribution is -2.49. The standard InChI is InChI=1S/C21H36N2O8S2/c1-15(2)17(24)30-14-31-20(27)33-13-16(22-19(26)21(3,4)32)18(25)29-10-6-5-7-23-8-11-28-12-9-23/h15-16,32H,5-14H2,1-4H3,(H,22,26)/t16-/m0/s1. The van der Waals surface area contributed by atoms with Gasteiger partial charge in [-0.15, -0.1) is 0 Å². The van der Waals surface area contributed by atoms with Gasteiger partial charge in [0.05, 0.1) is 30.5 Å². The van der Waals surface area contributed by atoms with Crippen molar-refractivity contribution in [3.8, 4) is 0 Å². The number of hydrogen-bond acceptors (Lipinski definition) is 11. The number of hydrogen-bond donors (Lipinski definition) is 2. The molecule has 1 atom stereocenters. The second kappa shape index (κ2) is 15.4. The zero-order valence-corrected chi connectivity index (χ0v) is 21.5. The van der Waals surface area contributed by atoms with Crippen LogP contribution in [0.25, 0.3) is 0 Å². The Morgan fingerprint density at radius 3 is 2.33 bits per heavy atom. The van der Waals surface area contributed by atoms with Crippen LogP contribution in [0.2, 0.25) is 0 Å². The van der Waals surface area contributed by atoms with Crippen LogP contribution in [0.15, 0.2) is 0 Å². The lowest BCUT2D eigenvalue weighted by molar-refractivity contribution is -0.155. The van der Waals surface area contributed by atoms with E-state index in [0.717, 1.165) is 39.3 Å². The van der Waals surface area contributed by atoms with Crippen molar-refractivity contribution in [1.82, 2.24) is 10.2 Å². The van der Waals surface area contributed by atoms with Gasteiger partial charge in [0.15, 0.2) is 0 Å². The van der Waals surface area contributed by atoms with Crippen LogP contribution in [0, 0.1) is 5.92 Å². The third kappa shape index (κ3) is 13.1. The van der Waals surface area contributed by atoms with Crippen LogP contribution in [0.5, 0.6) is 0 Å². The van der Waals surface area contributed by atoms with Crippen molar-refractivity contribution in [3.63, 3.8) is 0 Å². The molecule has 0 spiro atoms. The van der Waals surface area contributed by atoms with E-state index in [1.54, 1.807) is 27.7 Å². The van der Waals surface area contributed by atoms with Gasteiger partial charge in [-0.05, 0) is 45.0 Å². The normalized spacial score (nSPS) is 15.6. The van der Waals surface area contributed by atoms with Crippen LogP contribution in [-0.2, 0) is 33.3 Å². The zero-order chi connectivity index (χ0) is 24.9. The number of ether oxygens (including phenoxy) is 4. The van der Waals surface area contributed by atoms with Crippen LogP contribution in [0.3, 0.4) is 0 Å². The number of esters is 2. The third-order valence-electron chi connectivity index (χ3n) is 4.58. The highest BCUT2D eigenvalue weighted by Gasteiger charge is 2.30. The Bertz CT molecular complexity index is 649. The van der Waals surface area contributed by atoms with E-state index in [2.05, 4.69) is 22.8 Å². The SMILES string of the molecule is CC(C)C(=O)OCOC(=O)SC[C@H](NC(=O)C(C)(C)S)C(=O)OCCCCN1CCOCC1. The minimum absolute atomic E-state index is 0.0980. The molecule has 10 nitrogen and oxygen atoms in total. The number of carbonyl (C=O) groups excluding carboxylic acids is 4. The molecule has 0 unspecified atom stereocenters. The highest BCUT2D eigenvalue weighted by atomic mass is 32.2. The Balaban J connectivity index is 2.44. The number of nitrogens with one attached hydrogen (secondary N) is 1. The summed E-state index contributed by atoms with van der Waals surface area (Å²) in [6.45, 7) is 10.3. The number of amides is 1. The quantitative estimate of drug-likeness (QED) is 0.165. The molecule has 0 radical (unpaired) electrons. The summed E-state index contributed by atoms with van der Waals surface area (Å²) in [4.78, 5) is 50.4. The highest BCUT2D eigenvalue weighted by Crippen LogP contribution is 2.14. The highest BCUT2D eigenvalue weighted by molar-refractivity contribution is 8.13. The number of thioether (sulfide) groups is 1. The summed E-state index contributed by atoms with van der Waals surface area (Å²) in [5.41, 5.74) is 0. The Kier molecular flexibility index (Phi) is 13.8. The maximum atomic E-state index is 12.5. The lowest BCUT2D eigenvalue weighted by Gasteiger charge is -2.26. The predicted molar refractivity (Wildman–Crippen MR) is 127 cm³/mol. The number of rotatable bonds is 13. The van der Waals surface area contributed by atoms with E-state index in [1.807, 2.05) is 0 Å². The molecule has 1 fully saturated rings. The van der Waals surface area contributed by atoms with Gasteiger partial charge in [0.2, 0.25) is 12.7 Å². The van der Waals surface area contributed by atoms with E-state index in [1.165, 1.54) is 0 Å². The second-order valence-electron chi connectivity index (χ2n) is 8.35. The maximum absolute atomic E-state index is 12.5. The Hall–Kier alpha value is -1.50. The zero-order valence-electron chi connectivity index (χ0n) is 19.8. The van der Waals surface area contributed by atoms with Crippen molar-refractivity contribution in [2.75, 3.05) is 52.0 Å². The molecule has 1 rings (SSSR count). The molecule has 0 aromatic heterocycles. The average Bonchev–Trinajstić information content (AvgIpc) is 2.75. The first-order valence-corrected chi connectivity index (χ1v) is 12.4. The van der Waals surface area contributed by atoms with E-state index in [0.29, 0.717) is 18.2 Å². The molecular formula is C21H36N2O8S2. The maximum Gasteiger partial charge on any atom is 0.370 e. The number of thiol groups is 1. The van der Waals surface area contributed by atoms with Crippen LogP contribution < -0.4 is 5.32 Å². The van der Waals surface area contributed by atoms with Gasteiger partial charge >= 0.3 is 17.2 Å². The molecule has 1 amide bonds. The molecule has 1 saturated heterocycles. The van der Waals surface area contributed by atoms with Gasteiger partial charge in [-0.2, -0.15) is 12.6 Å². The number of carbonyl (C=O) groups is 4. The monoisotopic (exact) mass is 508 g/mol. The van der Waals surface area contributed by atoms with E-state index >= 15 is 0 Å². The van der Waals surface area contributed by atoms with Gasteiger partial charge in [0, 0.05) is 18.8 Å². The first-order chi connectivity index (χ1) is 15.5. The molecule has 0 bridgehead atoms. The predicted octanol–water partition coefficient (Wildman–Crippen LogP) is 1.86. The molecule has 0 aliphatic carbocycles. The van der Waals surface area contributed by atoms with Crippen molar-refractivity contribution in [2.45, 2.75) is 51.3 Å². The van der Waals surface area contributed by atoms with Crippen LogP contribution in [-0.4, -0.2) is 90.8 Å². The molecule has 0 aromatic carbocycles. The first-order valence-electron chi connectivity index (χ1n) is 11.0. The molecule has 33 heavy (non-hydrogen) atoms. The number of nitrogens with zero attached hydrogens (tertiary/aromatic N) is 1. The Morgan fingerprint density at radius 1 is 1.06 bits per heavy atom. The van der Waals surface area contributed by atoms with Crippen molar-refractivity contribution >= 4 is 47.5 Å². The van der Waals surface area contributed by atoms with Gasteiger partial charge in [0.25, 0.3) is 0 Å². The fourth-order valence-electron chi connectivity index (χ4n) is 2.53. The van der Waals surface area contributed by atoms with E-state index in [9.17, 15) is 19.2 Å². The molecular weight excluding hydrogens is 472 g/mol. The van der Waals surface area contributed by atoms with Crippen LogP contribution in [0.4, 0.5) is 4.79 Å². The summed E-state index contributed by atoms with van der Waals surface area (Å²) in [5.74, 6) is -2.05. The van der Waals surface area contributed by atoms with Gasteiger partial charge in [0.1, 0.15) is 6.04 Å². The van der Waals surface area contributed by atoms with E-state index in [4.69, 9.17) is 18.9 Å². The summed E-state index contributed by atoms with van der Waals surface area (Å²) >= 11 is 4.88. The first kappa shape index (κ1) is 29.5. The molecule has 12 heteroatoms. The minimum Gasteiger partial charge on any atom is -0.464 e. The summed E-state index contributed by atoms with van der Waals surface area (Å²) in [6.07, 6.45) is 1.54. The summed E-state index contributed by atoms with van der Waals surface area (Å²) in [6, 6.07) is -1.06. The Morgan fingerprint density at radius 2 is 1.73 bits per heavy atom. The number of morpholine rings is 1. The molecule has 190 valence electrons. The molecule has 0 saturated carbocycles. The van der Waals surface area contributed by atoms with Gasteiger partial charge < -0.3 is 24.3 Å². The third-order valence-corrected chi connectivity index (χ3v) is 5.64. The summed E-state index contributed by atoms with van der Waals surface area (Å²) in [7, 11) is 0. The molecule has 1 aliphatic rings. The summed E-state index contributed by atoms with van der Waals surface area (Å²) in [5, 5.41) is 1.83. The molecule has 1 heterocycles. The van der Waals surface area contributed by atoms with Crippen molar-refractivity contribution in [3.05, 3.63) is 0 Å². The fourth-order valence-corrected chi connectivity index (χ4v) is 3.25. The second-order valence-corrected chi connectivity index (χ2v) is 10.4. The number of unbranched alkanes of at least 4 members (excludes halogenated alkanes) is 1. The van der Waals surface area contributed by atoms with Crippen molar-refractivity contribution < 1.29 is 38.1 Å². The largest absolute Gasteiger partial charge is 0.464 e. The fraction of sp³-hybridized carbons (Fsp3) is 0.810. The average molecular weight is 509 g/mol. The van der Waals surface area contributed by atoms with Gasteiger partial charge in [-0.25, -0.2) is 9.59 Å². The van der Waals surface area contributed by atoms with E-state index < -0.39 is 40.7 Å². The molecule has 1 aliphatic heterocycles. The topological polar surface area (TPSA) is 120 Å². The van der Waals surface area contributed by atoms with Gasteiger partial charge in [-0.1, -0.05) is 13.8 Å². The molecule has 0 aromatic rings. The minimum atomic E-state index is -1.06. The van der Waals surface area contributed by atoms with Crippen molar-refractivity contribution in [1.29, 1.82) is 0 Å².